The van der Waals surface area contributed by atoms with Gasteiger partial charge >= 0.3 is 0 Å². The van der Waals surface area contributed by atoms with Gasteiger partial charge in [-0.25, -0.2) is 0 Å². The summed E-state index contributed by atoms with van der Waals surface area (Å²) in [5.74, 6) is -0.161. The van der Waals surface area contributed by atoms with Gasteiger partial charge in [-0.1, -0.05) is 78.9 Å². The van der Waals surface area contributed by atoms with E-state index in [2.05, 4.69) is 0 Å². The van der Waals surface area contributed by atoms with E-state index in [0.717, 1.165) is 11.1 Å². The van der Waals surface area contributed by atoms with Gasteiger partial charge in [-0.05, 0) is 30.0 Å². The van der Waals surface area contributed by atoms with Gasteiger partial charge in [0.25, 0.3) is 5.91 Å². The first kappa shape index (κ1) is 18.4. The molecule has 0 saturated carbocycles. The van der Waals surface area contributed by atoms with Crippen molar-refractivity contribution in [3.63, 3.8) is 0 Å². The molecule has 1 amide bonds. The number of hydrogen-bond acceptors (Lipinski definition) is 3. The number of nitrogens with zero attached hydrogens (tertiary/aromatic N) is 1. The van der Waals surface area contributed by atoms with Crippen LogP contribution in [0, 0.1) is 0 Å². The van der Waals surface area contributed by atoms with Crippen molar-refractivity contribution in [2.75, 3.05) is 6.54 Å². The van der Waals surface area contributed by atoms with Gasteiger partial charge in [0.2, 0.25) is 0 Å². The molecule has 0 aromatic heterocycles. The van der Waals surface area contributed by atoms with E-state index in [1.165, 1.54) is 4.90 Å². The molecule has 1 heterocycles. The summed E-state index contributed by atoms with van der Waals surface area (Å²) in [5, 5.41) is 22.1. The zero-order valence-corrected chi connectivity index (χ0v) is 15.5. The summed E-state index contributed by atoms with van der Waals surface area (Å²) in [5.41, 5.74) is 1.68. The first-order valence-electron chi connectivity index (χ1n) is 9.52. The predicted octanol–water partition coefficient (Wildman–Crippen LogP) is 3.85. The summed E-state index contributed by atoms with van der Waals surface area (Å²) < 4.78 is 0. The van der Waals surface area contributed by atoms with Gasteiger partial charge in [-0.3, -0.25) is 4.79 Å². The van der Waals surface area contributed by atoms with Gasteiger partial charge in [-0.15, -0.1) is 0 Å². The van der Waals surface area contributed by atoms with Gasteiger partial charge in [0.1, 0.15) is 5.60 Å². The maximum Gasteiger partial charge on any atom is 0.256 e. The molecule has 3 aromatic rings. The normalized spacial score (nSPS) is 16.3. The lowest BCUT2D eigenvalue weighted by Gasteiger charge is -2.31. The molecule has 0 saturated heterocycles. The van der Waals surface area contributed by atoms with Crippen LogP contribution < -0.4 is 0 Å². The van der Waals surface area contributed by atoms with Crippen molar-refractivity contribution in [1.82, 2.24) is 4.90 Å². The van der Waals surface area contributed by atoms with Gasteiger partial charge in [0.05, 0.1) is 0 Å². The van der Waals surface area contributed by atoms with Crippen LogP contribution in [0.15, 0.2) is 84.9 Å². The minimum absolute atomic E-state index is 0.161. The van der Waals surface area contributed by atoms with Crippen LogP contribution in [0.25, 0.3) is 0 Å². The van der Waals surface area contributed by atoms with Crippen molar-refractivity contribution >= 4 is 5.91 Å². The Bertz CT molecular complexity index is 916. The van der Waals surface area contributed by atoms with Crippen LogP contribution in [0.3, 0.4) is 0 Å². The zero-order chi connectivity index (χ0) is 19.6. The van der Waals surface area contributed by atoms with E-state index in [1.54, 1.807) is 18.2 Å². The van der Waals surface area contributed by atoms with Crippen molar-refractivity contribution in [2.45, 2.75) is 24.7 Å². The van der Waals surface area contributed by atoms with Crippen LogP contribution in [0.1, 0.15) is 46.1 Å². The number of carbonyl (C=O) groups is 1. The highest BCUT2D eigenvalue weighted by molar-refractivity contribution is 5.98. The molecule has 4 rings (SSSR count). The lowest BCUT2D eigenvalue weighted by molar-refractivity contribution is 0.0109. The first-order valence-corrected chi connectivity index (χ1v) is 9.52. The topological polar surface area (TPSA) is 60.8 Å². The Labute approximate surface area is 164 Å². The van der Waals surface area contributed by atoms with E-state index in [-0.39, 0.29) is 5.91 Å². The number of fused-ring (bicyclic) bond motifs is 1. The number of aliphatic hydroxyl groups excluding tert-OH is 1. The number of hydrogen-bond donors (Lipinski definition) is 2. The third-order valence-corrected chi connectivity index (χ3v) is 5.47. The molecule has 142 valence electrons. The molecule has 0 aliphatic carbocycles. The van der Waals surface area contributed by atoms with Crippen molar-refractivity contribution in [1.29, 1.82) is 0 Å². The minimum Gasteiger partial charge on any atom is -0.380 e. The average molecular weight is 373 g/mol. The van der Waals surface area contributed by atoms with Crippen LogP contribution in [-0.4, -0.2) is 27.6 Å². The molecule has 1 aliphatic heterocycles. The fourth-order valence-electron chi connectivity index (χ4n) is 3.96. The molecule has 4 heteroatoms. The first-order chi connectivity index (χ1) is 13.6. The highest BCUT2D eigenvalue weighted by Crippen LogP contribution is 2.36. The van der Waals surface area contributed by atoms with E-state index in [4.69, 9.17) is 0 Å². The molecule has 2 N–H and O–H groups in total. The second-order valence-electron chi connectivity index (χ2n) is 7.16. The smallest absolute Gasteiger partial charge is 0.256 e. The van der Waals surface area contributed by atoms with Gasteiger partial charge in [0.15, 0.2) is 6.23 Å². The Morgan fingerprint density at radius 1 is 0.821 bits per heavy atom. The number of aliphatic hydroxyl groups is 2. The third kappa shape index (κ3) is 3.21. The molecule has 4 nitrogen and oxygen atoms in total. The molecular formula is C24H23NO3. The van der Waals surface area contributed by atoms with Crippen molar-refractivity contribution in [3.8, 4) is 0 Å². The Hall–Kier alpha value is -2.95. The Morgan fingerprint density at radius 2 is 1.36 bits per heavy atom. The van der Waals surface area contributed by atoms with Crippen molar-refractivity contribution in [2.24, 2.45) is 0 Å². The quantitative estimate of drug-likeness (QED) is 0.690. The Kier molecular flexibility index (Phi) is 4.99. The molecule has 1 aliphatic rings. The van der Waals surface area contributed by atoms with Crippen molar-refractivity contribution < 1.29 is 15.0 Å². The highest BCUT2D eigenvalue weighted by atomic mass is 16.3. The summed E-state index contributed by atoms with van der Waals surface area (Å²) in [6.07, 6.45) is 0.0653. The maximum absolute atomic E-state index is 12.6. The summed E-state index contributed by atoms with van der Waals surface area (Å²) in [4.78, 5) is 14.1. The second-order valence-corrected chi connectivity index (χ2v) is 7.16. The lowest BCUT2D eigenvalue weighted by Crippen LogP contribution is -2.32. The molecule has 1 atom stereocenters. The number of benzene rings is 3. The minimum atomic E-state index is -1.15. The Morgan fingerprint density at radius 3 is 1.93 bits per heavy atom. The number of amides is 1. The van der Waals surface area contributed by atoms with E-state index in [0.29, 0.717) is 30.5 Å². The SMILES string of the molecule is O=C1c2ccccc2C(O)N1CCCC(O)(c1ccccc1)c1ccccc1. The zero-order valence-electron chi connectivity index (χ0n) is 15.5. The van der Waals surface area contributed by atoms with Gasteiger partial charge in [0, 0.05) is 17.7 Å². The molecule has 0 radical (unpaired) electrons. The molecular weight excluding hydrogens is 350 g/mol. The van der Waals surface area contributed by atoms with Crippen LogP contribution >= 0.6 is 0 Å². The maximum atomic E-state index is 12.6. The summed E-state index contributed by atoms with van der Waals surface area (Å²) in [7, 11) is 0. The molecule has 1 unspecified atom stereocenters. The lowest BCUT2D eigenvalue weighted by atomic mass is 9.82. The highest BCUT2D eigenvalue weighted by Gasteiger charge is 2.36. The summed E-state index contributed by atoms with van der Waals surface area (Å²) >= 11 is 0. The number of carbonyl (C=O) groups excluding carboxylic acids is 1. The molecule has 3 aromatic carbocycles. The van der Waals surface area contributed by atoms with E-state index < -0.39 is 11.8 Å². The number of rotatable bonds is 6. The summed E-state index contributed by atoms with van der Waals surface area (Å²) in [6, 6.07) is 26.3. The van der Waals surface area contributed by atoms with Crippen molar-refractivity contribution in [3.05, 3.63) is 107 Å². The fraction of sp³-hybridized carbons (Fsp3) is 0.208. The Balaban J connectivity index is 1.53. The molecule has 0 bridgehead atoms. The summed E-state index contributed by atoms with van der Waals surface area (Å²) in [6.45, 7) is 0.372. The van der Waals surface area contributed by atoms with Crippen LogP contribution in [0.2, 0.25) is 0 Å². The molecule has 0 spiro atoms. The average Bonchev–Trinajstić information content (AvgIpc) is 3.00. The van der Waals surface area contributed by atoms with Crippen LogP contribution in [-0.2, 0) is 5.60 Å². The van der Waals surface area contributed by atoms with Crippen LogP contribution in [0.4, 0.5) is 0 Å². The monoisotopic (exact) mass is 373 g/mol. The van der Waals surface area contributed by atoms with E-state index in [1.807, 2.05) is 66.7 Å². The predicted molar refractivity (Wildman–Crippen MR) is 108 cm³/mol. The second kappa shape index (κ2) is 7.58. The molecule has 28 heavy (non-hydrogen) atoms. The largest absolute Gasteiger partial charge is 0.380 e. The van der Waals surface area contributed by atoms with Gasteiger partial charge < -0.3 is 15.1 Å². The fourth-order valence-corrected chi connectivity index (χ4v) is 3.96. The molecule has 0 fully saturated rings. The van der Waals surface area contributed by atoms with Gasteiger partial charge in [-0.2, -0.15) is 0 Å². The van der Waals surface area contributed by atoms with Crippen LogP contribution in [0.5, 0.6) is 0 Å². The van der Waals surface area contributed by atoms with E-state index in [9.17, 15) is 15.0 Å². The van der Waals surface area contributed by atoms with E-state index >= 15 is 0 Å². The standard InChI is InChI=1S/C24H23NO3/c26-22-20-14-7-8-15-21(20)23(27)25(22)17-9-16-24(28,18-10-3-1-4-11-18)19-12-5-2-6-13-19/h1-8,10-15,22,26,28H,9,16-17H2. The third-order valence-electron chi connectivity index (χ3n) is 5.47.